The van der Waals surface area contributed by atoms with Crippen LogP contribution in [0.1, 0.15) is 69.5 Å². The number of anilines is 6. The third-order valence-corrected chi connectivity index (χ3v) is 20.0. The van der Waals surface area contributed by atoms with E-state index < -0.39 is 10.8 Å². The Hall–Kier alpha value is -8.80. The molecule has 17 rings (SSSR count). The highest BCUT2D eigenvalue weighted by Crippen LogP contribution is 2.68. The van der Waals surface area contributed by atoms with Crippen LogP contribution in [0.3, 0.4) is 0 Å². The van der Waals surface area contributed by atoms with E-state index in [0.29, 0.717) is 0 Å². The van der Waals surface area contributed by atoms with E-state index in [0.717, 1.165) is 22.7 Å². The molecule has 362 valence electrons. The van der Waals surface area contributed by atoms with E-state index in [1.807, 2.05) is 22.7 Å². The average Bonchev–Trinajstić information content (AvgIpc) is 4.34. The van der Waals surface area contributed by atoms with Crippen molar-refractivity contribution in [2.75, 3.05) is 9.80 Å². The molecule has 0 fully saturated rings. The molecule has 0 saturated carbocycles. The van der Waals surface area contributed by atoms with Gasteiger partial charge in [-0.15, -0.1) is 22.7 Å². The van der Waals surface area contributed by atoms with Crippen LogP contribution < -0.4 is 9.80 Å². The van der Waals surface area contributed by atoms with Crippen molar-refractivity contribution < 1.29 is 0 Å². The lowest BCUT2D eigenvalue weighted by Gasteiger charge is -2.45. The number of hydrogen-bond donors (Lipinski definition) is 0. The molecular weight excluding hydrogens is 969 g/mol. The van der Waals surface area contributed by atoms with Crippen LogP contribution in [0.5, 0.6) is 0 Å². The predicted molar refractivity (Wildman–Crippen MR) is 322 cm³/mol. The Bertz CT molecular complexity index is 4350. The van der Waals surface area contributed by atoms with Gasteiger partial charge >= 0.3 is 0 Å². The van der Waals surface area contributed by atoms with Gasteiger partial charge in [0.05, 0.1) is 22.2 Å². The molecule has 3 heterocycles. The number of thiophene rings is 2. The molecule has 1 aliphatic heterocycles. The van der Waals surface area contributed by atoms with Crippen molar-refractivity contribution in [1.29, 1.82) is 0 Å². The average molecular weight is 1020 g/mol. The number of benzene rings is 10. The molecule has 0 N–H and O–H groups in total. The minimum atomic E-state index is -0.483. The summed E-state index contributed by atoms with van der Waals surface area (Å²) in [6, 6.07) is 92.2. The van der Waals surface area contributed by atoms with Crippen LogP contribution in [0.15, 0.2) is 253 Å². The molecular formula is C73H48N2S2. The summed E-state index contributed by atoms with van der Waals surface area (Å²) in [5, 5.41) is 4.62. The van der Waals surface area contributed by atoms with Crippen molar-refractivity contribution in [3.8, 4) is 54.3 Å². The highest BCUT2D eigenvalue weighted by Gasteiger charge is 2.55. The minimum absolute atomic E-state index is 0.191. The molecule has 4 heteroatoms. The summed E-state index contributed by atoms with van der Waals surface area (Å²) >= 11 is 3.76. The molecule has 12 aromatic rings. The third-order valence-electron chi connectivity index (χ3n) is 18.1. The normalized spacial score (nSPS) is 15.2. The largest absolute Gasteiger partial charge is 0.310 e. The van der Waals surface area contributed by atoms with Gasteiger partial charge in [-0.3, -0.25) is 0 Å². The molecule has 4 aliphatic carbocycles. The van der Waals surface area contributed by atoms with Crippen LogP contribution >= 0.6 is 22.7 Å². The van der Waals surface area contributed by atoms with Gasteiger partial charge in [-0.2, -0.15) is 0 Å². The van der Waals surface area contributed by atoms with Crippen molar-refractivity contribution in [1.82, 2.24) is 0 Å². The van der Waals surface area contributed by atoms with Crippen LogP contribution in [0, 0.1) is 0 Å². The van der Waals surface area contributed by atoms with Crippen LogP contribution in [-0.2, 0) is 16.2 Å². The second-order valence-electron chi connectivity index (χ2n) is 21.9. The zero-order valence-corrected chi connectivity index (χ0v) is 44.1. The first kappa shape index (κ1) is 43.4. The number of nitrogens with zero attached hydrogens (tertiary/aromatic N) is 2. The molecule has 0 radical (unpaired) electrons. The Labute approximate surface area is 457 Å². The van der Waals surface area contributed by atoms with Crippen molar-refractivity contribution in [3.05, 3.63) is 309 Å². The van der Waals surface area contributed by atoms with Gasteiger partial charge in [-0.05, 0) is 184 Å². The smallest absolute Gasteiger partial charge is 0.0771 e. The summed E-state index contributed by atoms with van der Waals surface area (Å²) in [5.41, 5.74) is 29.5. The summed E-state index contributed by atoms with van der Waals surface area (Å²) in [6.45, 7) is 4.82. The molecule has 10 aromatic carbocycles. The fourth-order valence-corrected chi connectivity index (χ4v) is 17.0. The third kappa shape index (κ3) is 5.53. The SMILES string of the molecule is CC1(C)c2ccccc2-c2cc3c(cc21)N(c1cccc(N(c2ccc(-c4ccccc4)cc2)c2ccc4c(c2)C2(c5ccccc5-c5ccccc52)c2ccccc2-4)c1)c1ccccc1C31c2ccsc2-c2sccc21. The molecule has 0 amide bonds. The monoisotopic (exact) mass is 1020 g/mol. The zero-order chi connectivity index (χ0) is 50.8. The quantitative estimate of drug-likeness (QED) is 0.170. The molecule has 5 aliphatic rings. The van der Waals surface area contributed by atoms with Crippen molar-refractivity contribution in [3.63, 3.8) is 0 Å². The van der Waals surface area contributed by atoms with Crippen molar-refractivity contribution in [2.24, 2.45) is 0 Å². The van der Waals surface area contributed by atoms with E-state index in [2.05, 4.69) is 277 Å². The van der Waals surface area contributed by atoms with Gasteiger partial charge < -0.3 is 9.80 Å². The van der Waals surface area contributed by atoms with Crippen molar-refractivity contribution in [2.45, 2.75) is 30.1 Å². The summed E-state index contributed by atoms with van der Waals surface area (Å²) < 4.78 is 0. The van der Waals surface area contributed by atoms with Crippen LogP contribution in [-0.4, -0.2) is 0 Å². The molecule has 2 aromatic heterocycles. The van der Waals surface area contributed by atoms with Crippen LogP contribution in [0.4, 0.5) is 34.1 Å². The van der Waals surface area contributed by atoms with Gasteiger partial charge in [-0.25, -0.2) is 0 Å². The summed E-state index contributed by atoms with van der Waals surface area (Å²) in [6.07, 6.45) is 0. The summed E-state index contributed by atoms with van der Waals surface area (Å²) in [5.74, 6) is 0. The highest BCUT2D eigenvalue weighted by atomic mass is 32.1. The second kappa shape index (κ2) is 15.6. The lowest BCUT2D eigenvalue weighted by atomic mass is 9.64. The first-order valence-corrected chi connectivity index (χ1v) is 28.6. The van der Waals surface area contributed by atoms with Gasteiger partial charge in [0.2, 0.25) is 0 Å². The van der Waals surface area contributed by atoms with Gasteiger partial charge in [0, 0.05) is 37.9 Å². The van der Waals surface area contributed by atoms with E-state index >= 15 is 0 Å². The van der Waals surface area contributed by atoms with Gasteiger partial charge in [0.25, 0.3) is 0 Å². The summed E-state index contributed by atoms with van der Waals surface area (Å²) in [7, 11) is 0. The van der Waals surface area contributed by atoms with E-state index in [1.165, 1.54) is 121 Å². The Kier molecular flexibility index (Phi) is 8.83. The molecule has 0 atom stereocenters. The first-order valence-electron chi connectivity index (χ1n) is 26.8. The standard InChI is InChI=1S/C73H48N2S2/c1-71(2)57-25-10-6-24-54(57)56-43-66-68(44-64(56)71)75(67-30-15-14-29-61(67)73(66)62-37-39-76-69(62)70-63(73)38-40-77-70)49-20-16-19-48(41-49)74(47-33-31-46(32-34-47)45-17-4-3-5-18-45)50-35-36-55-53-23-9-13-28-60(53)72(65(55)42-50)58-26-11-7-21-51(58)52-22-8-12-27-59(52)72/h3-44H,1-2H3. The molecule has 2 nitrogen and oxygen atoms in total. The lowest BCUT2D eigenvalue weighted by Crippen LogP contribution is -2.36. The summed E-state index contributed by atoms with van der Waals surface area (Å²) in [4.78, 5) is 7.87. The topological polar surface area (TPSA) is 6.48 Å². The molecule has 0 unspecified atom stereocenters. The highest BCUT2D eigenvalue weighted by molar-refractivity contribution is 7.21. The maximum absolute atomic E-state index is 2.59. The van der Waals surface area contributed by atoms with E-state index in [9.17, 15) is 0 Å². The van der Waals surface area contributed by atoms with Gasteiger partial charge in [-0.1, -0.05) is 184 Å². The fraction of sp³-hybridized carbons (Fsp3) is 0.0685. The second-order valence-corrected chi connectivity index (χ2v) is 23.7. The number of para-hydroxylation sites is 1. The maximum atomic E-state index is 2.59. The van der Waals surface area contributed by atoms with E-state index in [4.69, 9.17) is 0 Å². The Morgan fingerprint density at radius 1 is 0.312 bits per heavy atom. The van der Waals surface area contributed by atoms with Gasteiger partial charge in [0.1, 0.15) is 0 Å². The number of hydrogen-bond acceptors (Lipinski definition) is 4. The van der Waals surface area contributed by atoms with Crippen LogP contribution in [0.2, 0.25) is 0 Å². The Morgan fingerprint density at radius 3 is 1.47 bits per heavy atom. The van der Waals surface area contributed by atoms with E-state index in [-0.39, 0.29) is 5.41 Å². The minimum Gasteiger partial charge on any atom is -0.310 e. The number of rotatable bonds is 5. The Balaban J connectivity index is 0.904. The molecule has 77 heavy (non-hydrogen) atoms. The zero-order valence-electron chi connectivity index (χ0n) is 42.5. The lowest BCUT2D eigenvalue weighted by molar-refractivity contribution is 0.658. The fourth-order valence-electron chi connectivity index (χ4n) is 14.9. The Morgan fingerprint density at radius 2 is 0.818 bits per heavy atom. The predicted octanol–water partition coefficient (Wildman–Crippen LogP) is 19.7. The first-order chi connectivity index (χ1) is 38.0. The molecule has 2 spiro atoms. The molecule has 0 saturated heterocycles. The number of fused-ring (bicyclic) bond motifs is 22. The van der Waals surface area contributed by atoms with Crippen LogP contribution in [0.25, 0.3) is 54.3 Å². The molecule has 0 bridgehead atoms. The van der Waals surface area contributed by atoms with Crippen molar-refractivity contribution >= 4 is 56.8 Å². The van der Waals surface area contributed by atoms with Gasteiger partial charge in [0.15, 0.2) is 0 Å². The van der Waals surface area contributed by atoms with E-state index in [1.54, 1.807) is 0 Å². The maximum Gasteiger partial charge on any atom is 0.0771 e.